The molecule has 0 aliphatic rings. The Morgan fingerprint density at radius 1 is 1.04 bits per heavy atom. The highest BCUT2D eigenvalue weighted by atomic mass is 79.9. The van der Waals surface area contributed by atoms with Crippen molar-refractivity contribution in [2.75, 3.05) is 14.2 Å². The second kappa shape index (κ2) is 8.01. The van der Waals surface area contributed by atoms with Gasteiger partial charge in [-0.15, -0.1) is 10.2 Å². The van der Waals surface area contributed by atoms with Gasteiger partial charge >= 0.3 is 5.97 Å². The zero-order valence-corrected chi connectivity index (χ0v) is 15.6. The second-order valence-corrected chi connectivity index (χ2v) is 5.95. The molecule has 0 atom stereocenters. The second-order valence-electron chi connectivity index (χ2n) is 5.09. The maximum atomic E-state index is 12.4. The zero-order chi connectivity index (χ0) is 18.5. The van der Waals surface area contributed by atoms with Crippen LogP contribution in [-0.4, -0.2) is 30.4 Å². The van der Waals surface area contributed by atoms with E-state index >= 15 is 0 Å². The summed E-state index contributed by atoms with van der Waals surface area (Å²) in [5, 5.41) is 7.89. The third-order valence-electron chi connectivity index (χ3n) is 3.53. The topological polar surface area (TPSA) is 83.7 Å². The normalized spacial score (nSPS) is 10.4. The van der Waals surface area contributed by atoms with Crippen LogP contribution >= 0.6 is 15.9 Å². The molecule has 0 aliphatic carbocycles. The van der Waals surface area contributed by atoms with Crippen LogP contribution in [0.1, 0.15) is 16.2 Å². The van der Waals surface area contributed by atoms with Crippen LogP contribution in [0.5, 0.6) is 11.5 Å². The number of carbonyl (C=O) groups is 1. The molecule has 1 heterocycles. The molecule has 0 amide bonds. The fourth-order valence-electron chi connectivity index (χ4n) is 2.31. The van der Waals surface area contributed by atoms with Gasteiger partial charge in [0, 0.05) is 4.47 Å². The van der Waals surface area contributed by atoms with Gasteiger partial charge in [0.2, 0.25) is 5.89 Å². The number of esters is 1. The van der Waals surface area contributed by atoms with Crippen molar-refractivity contribution in [3.63, 3.8) is 0 Å². The number of methoxy groups -OCH3 is 2. The third-order valence-corrected chi connectivity index (χ3v) is 4.22. The Balaban J connectivity index is 1.75. The smallest absolute Gasteiger partial charge is 0.346 e. The Kier molecular flexibility index (Phi) is 5.52. The Morgan fingerprint density at radius 2 is 1.73 bits per heavy atom. The molecular formula is C18H15BrN2O5. The van der Waals surface area contributed by atoms with Crippen LogP contribution in [-0.2, 0) is 11.3 Å². The van der Waals surface area contributed by atoms with E-state index in [1.165, 1.54) is 14.2 Å². The maximum absolute atomic E-state index is 12.4. The van der Waals surface area contributed by atoms with Gasteiger partial charge in [-0.25, -0.2) is 4.79 Å². The number of benzene rings is 2. The van der Waals surface area contributed by atoms with Crippen LogP contribution < -0.4 is 9.47 Å². The summed E-state index contributed by atoms with van der Waals surface area (Å²) in [5.41, 5.74) is 0.951. The van der Waals surface area contributed by atoms with Gasteiger partial charge in [0.05, 0.1) is 19.8 Å². The summed E-state index contributed by atoms with van der Waals surface area (Å²) in [6.45, 7) is -0.169. The van der Waals surface area contributed by atoms with Crippen molar-refractivity contribution in [2.45, 2.75) is 6.61 Å². The molecule has 0 N–H and O–H groups in total. The minimum atomic E-state index is -0.611. The van der Waals surface area contributed by atoms with Crippen LogP contribution in [0.25, 0.3) is 11.5 Å². The Labute approximate surface area is 158 Å². The molecule has 26 heavy (non-hydrogen) atoms. The Bertz CT molecular complexity index is 903. The van der Waals surface area contributed by atoms with Gasteiger partial charge in [-0.1, -0.05) is 18.2 Å². The standard InChI is InChI=1S/C18H15BrN2O5/c1-23-13-8-5-9-14(24-2)16(13)18(22)25-10-15-20-21-17(26-15)11-6-3-4-7-12(11)19/h3-9H,10H2,1-2H3. The summed E-state index contributed by atoms with van der Waals surface area (Å²) >= 11 is 3.43. The summed E-state index contributed by atoms with van der Waals surface area (Å²) < 4.78 is 22.1. The number of hydrogen-bond acceptors (Lipinski definition) is 7. The molecule has 0 unspecified atom stereocenters. The third kappa shape index (κ3) is 3.70. The van der Waals surface area contributed by atoms with Gasteiger partial charge in [-0.3, -0.25) is 0 Å². The minimum absolute atomic E-state index is 0.169. The van der Waals surface area contributed by atoms with E-state index in [0.717, 1.165) is 10.0 Å². The van der Waals surface area contributed by atoms with Crippen molar-refractivity contribution in [1.82, 2.24) is 10.2 Å². The van der Waals surface area contributed by atoms with E-state index < -0.39 is 5.97 Å². The largest absolute Gasteiger partial charge is 0.496 e. The number of carbonyl (C=O) groups excluding carboxylic acids is 1. The van der Waals surface area contributed by atoms with Gasteiger partial charge in [0.25, 0.3) is 5.89 Å². The first-order valence-electron chi connectivity index (χ1n) is 7.59. The lowest BCUT2D eigenvalue weighted by molar-refractivity contribution is 0.0431. The molecule has 8 heteroatoms. The number of hydrogen-bond donors (Lipinski definition) is 0. The monoisotopic (exact) mass is 418 g/mol. The minimum Gasteiger partial charge on any atom is -0.496 e. The van der Waals surface area contributed by atoms with Crippen LogP contribution in [0, 0.1) is 0 Å². The van der Waals surface area contributed by atoms with E-state index in [4.69, 9.17) is 18.6 Å². The van der Waals surface area contributed by atoms with Gasteiger partial charge in [-0.05, 0) is 40.2 Å². The SMILES string of the molecule is COc1cccc(OC)c1C(=O)OCc1nnc(-c2ccccc2Br)o1. The lowest BCUT2D eigenvalue weighted by Gasteiger charge is -2.11. The van der Waals surface area contributed by atoms with E-state index in [1.807, 2.05) is 24.3 Å². The lowest BCUT2D eigenvalue weighted by Crippen LogP contribution is -2.09. The molecule has 2 aromatic carbocycles. The summed E-state index contributed by atoms with van der Waals surface area (Å²) in [6.07, 6.45) is 0. The molecule has 134 valence electrons. The average Bonchev–Trinajstić information content (AvgIpc) is 3.14. The lowest BCUT2D eigenvalue weighted by atomic mass is 10.2. The quantitative estimate of drug-likeness (QED) is 0.561. The number of aromatic nitrogens is 2. The molecule has 0 aliphatic heterocycles. The molecule has 0 fully saturated rings. The number of ether oxygens (including phenoxy) is 3. The van der Waals surface area contributed by atoms with E-state index in [1.54, 1.807) is 18.2 Å². The van der Waals surface area contributed by atoms with Gasteiger partial charge in [-0.2, -0.15) is 0 Å². The number of rotatable bonds is 6. The fourth-order valence-corrected chi connectivity index (χ4v) is 2.76. The van der Waals surface area contributed by atoms with Gasteiger partial charge in [0.15, 0.2) is 6.61 Å². The van der Waals surface area contributed by atoms with Crippen molar-refractivity contribution in [3.05, 3.63) is 58.4 Å². The molecule has 1 aromatic heterocycles. The first kappa shape index (κ1) is 17.9. The first-order chi connectivity index (χ1) is 12.6. The molecule has 0 saturated carbocycles. The van der Waals surface area contributed by atoms with Crippen LogP contribution in [0.4, 0.5) is 0 Å². The maximum Gasteiger partial charge on any atom is 0.346 e. The van der Waals surface area contributed by atoms with Crippen molar-refractivity contribution in [3.8, 4) is 23.0 Å². The predicted molar refractivity (Wildman–Crippen MR) is 96.1 cm³/mol. The fraction of sp³-hybridized carbons (Fsp3) is 0.167. The molecule has 3 rings (SSSR count). The highest BCUT2D eigenvalue weighted by molar-refractivity contribution is 9.10. The predicted octanol–water partition coefficient (Wildman–Crippen LogP) is 3.87. The van der Waals surface area contributed by atoms with Crippen molar-refractivity contribution < 1.29 is 23.4 Å². The summed E-state index contributed by atoms with van der Waals surface area (Å²) in [7, 11) is 2.93. The van der Waals surface area contributed by atoms with Crippen LogP contribution in [0.2, 0.25) is 0 Å². The molecule has 7 nitrogen and oxygen atoms in total. The zero-order valence-electron chi connectivity index (χ0n) is 14.1. The molecule has 0 bridgehead atoms. The van der Waals surface area contributed by atoms with E-state index in [-0.39, 0.29) is 18.1 Å². The van der Waals surface area contributed by atoms with Crippen molar-refractivity contribution in [2.24, 2.45) is 0 Å². The highest BCUT2D eigenvalue weighted by Gasteiger charge is 2.21. The Hall–Kier alpha value is -2.87. The Morgan fingerprint density at radius 3 is 2.38 bits per heavy atom. The molecule has 0 saturated heterocycles. The highest BCUT2D eigenvalue weighted by Crippen LogP contribution is 2.30. The van der Waals surface area contributed by atoms with Crippen LogP contribution in [0.3, 0.4) is 0 Å². The summed E-state index contributed by atoms with van der Waals surface area (Å²) in [5.74, 6) is 0.610. The molecule has 0 spiro atoms. The first-order valence-corrected chi connectivity index (χ1v) is 8.38. The van der Waals surface area contributed by atoms with Gasteiger partial charge in [0.1, 0.15) is 17.1 Å². The summed E-state index contributed by atoms with van der Waals surface area (Å²) in [6, 6.07) is 12.5. The number of halogens is 1. The summed E-state index contributed by atoms with van der Waals surface area (Å²) in [4.78, 5) is 12.4. The van der Waals surface area contributed by atoms with E-state index in [2.05, 4.69) is 26.1 Å². The molecule has 3 aromatic rings. The van der Waals surface area contributed by atoms with Crippen LogP contribution in [0.15, 0.2) is 51.4 Å². The van der Waals surface area contributed by atoms with Crippen molar-refractivity contribution in [1.29, 1.82) is 0 Å². The molecular weight excluding hydrogens is 404 g/mol. The van der Waals surface area contributed by atoms with Crippen molar-refractivity contribution >= 4 is 21.9 Å². The van der Waals surface area contributed by atoms with Gasteiger partial charge < -0.3 is 18.6 Å². The number of nitrogens with zero attached hydrogens (tertiary/aromatic N) is 2. The van der Waals surface area contributed by atoms with E-state index in [9.17, 15) is 4.79 Å². The van der Waals surface area contributed by atoms with E-state index in [0.29, 0.717) is 17.4 Å². The average molecular weight is 419 g/mol. The molecule has 0 radical (unpaired) electrons.